The third-order valence-corrected chi connectivity index (χ3v) is 3.69. The molecule has 0 unspecified atom stereocenters. The summed E-state index contributed by atoms with van der Waals surface area (Å²) in [5.41, 5.74) is 0.892. The van der Waals surface area contributed by atoms with Gasteiger partial charge in [-0.05, 0) is 24.9 Å². The Kier molecular flexibility index (Phi) is 6.21. The van der Waals surface area contributed by atoms with Crippen LogP contribution in [0, 0.1) is 0 Å². The van der Waals surface area contributed by atoms with Crippen molar-refractivity contribution in [2.45, 2.75) is 38.0 Å². The van der Waals surface area contributed by atoms with E-state index in [-0.39, 0.29) is 12.6 Å². The van der Waals surface area contributed by atoms with Crippen LogP contribution >= 0.6 is 0 Å². The molecule has 2 atom stereocenters. The van der Waals surface area contributed by atoms with Crippen molar-refractivity contribution in [1.82, 2.24) is 10.6 Å². The number of hydrogen-bond acceptors (Lipinski definition) is 5. The van der Waals surface area contributed by atoms with E-state index in [2.05, 4.69) is 10.6 Å². The van der Waals surface area contributed by atoms with Crippen LogP contribution in [0.1, 0.15) is 24.8 Å². The van der Waals surface area contributed by atoms with Gasteiger partial charge < -0.3 is 20.1 Å². The van der Waals surface area contributed by atoms with Gasteiger partial charge in [0.2, 0.25) is 0 Å². The minimum atomic E-state index is -0.728. The molecule has 0 aromatic heterocycles. The lowest BCUT2D eigenvalue weighted by Crippen LogP contribution is -2.56. The normalized spacial score (nSPS) is 19.0. The largest absolute Gasteiger partial charge is 0.467 e. The summed E-state index contributed by atoms with van der Waals surface area (Å²) in [6.07, 6.45) is 2.29. The van der Waals surface area contributed by atoms with Gasteiger partial charge in [0.05, 0.1) is 7.11 Å². The first kappa shape index (κ1) is 16.3. The van der Waals surface area contributed by atoms with Crippen LogP contribution in [0.15, 0.2) is 30.3 Å². The number of benzene rings is 1. The monoisotopic (exact) mass is 306 g/mol. The van der Waals surface area contributed by atoms with E-state index in [1.807, 2.05) is 30.3 Å². The van der Waals surface area contributed by atoms with Crippen molar-refractivity contribution in [2.24, 2.45) is 0 Å². The molecule has 6 nitrogen and oxygen atoms in total. The molecule has 1 saturated heterocycles. The minimum absolute atomic E-state index is 0.120. The number of carbonyl (C=O) groups is 2. The Bertz CT molecular complexity index is 486. The Hall–Kier alpha value is -2.08. The third-order valence-electron chi connectivity index (χ3n) is 3.69. The van der Waals surface area contributed by atoms with E-state index in [0.717, 1.165) is 31.4 Å². The molecular weight excluding hydrogens is 284 g/mol. The average molecular weight is 306 g/mol. The highest BCUT2D eigenvalue weighted by molar-refractivity contribution is 5.82. The van der Waals surface area contributed by atoms with E-state index in [0.29, 0.717) is 0 Å². The number of esters is 1. The molecule has 0 aliphatic carbocycles. The topological polar surface area (TPSA) is 76.7 Å². The molecule has 120 valence electrons. The summed E-state index contributed by atoms with van der Waals surface area (Å²) < 4.78 is 9.94. The number of ether oxygens (including phenoxy) is 2. The van der Waals surface area contributed by atoms with Crippen LogP contribution in [0.4, 0.5) is 4.79 Å². The van der Waals surface area contributed by atoms with Gasteiger partial charge in [-0.15, -0.1) is 0 Å². The predicted octanol–water partition coefficient (Wildman–Crippen LogP) is 1.60. The fourth-order valence-electron chi connectivity index (χ4n) is 2.51. The van der Waals surface area contributed by atoms with Crippen LogP contribution < -0.4 is 10.6 Å². The summed E-state index contributed by atoms with van der Waals surface area (Å²) in [5, 5.41) is 5.85. The molecule has 1 aromatic carbocycles. The van der Waals surface area contributed by atoms with Crippen LogP contribution in [0.25, 0.3) is 0 Å². The Morgan fingerprint density at radius 1 is 1.32 bits per heavy atom. The quantitative estimate of drug-likeness (QED) is 0.808. The molecule has 1 fully saturated rings. The molecule has 6 heteroatoms. The molecule has 2 rings (SSSR count). The fraction of sp³-hybridized carbons (Fsp3) is 0.500. The van der Waals surface area contributed by atoms with Crippen LogP contribution in [0.2, 0.25) is 0 Å². The predicted molar refractivity (Wildman–Crippen MR) is 81.2 cm³/mol. The van der Waals surface area contributed by atoms with Crippen LogP contribution in [-0.4, -0.2) is 37.8 Å². The summed E-state index contributed by atoms with van der Waals surface area (Å²) in [7, 11) is 1.31. The Balaban J connectivity index is 1.88. The summed E-state index contributed by atoms with van der Waals surface area (Å²) in [5.74, 6) is -0.462. The second-order valence-electron chi connectivity index (χ2n) is 5.26. The maximum Gasteiger partial charge on any atom is 0.408 e. The second kappa shape index (κ2) is 8.38. The standard InChI is InChI=1S/C16H22N2O4/c1-21-15(19)14(13-9-5-6-10-17-13)18-16(20)22-11-12-7-3-2-4-8-12/h2-4,7-8,13-14,17H,5-6,9-11H2,1H3,(H,18,20)/t13-,14+/m1/s1. The van der Waals surface area contributed by atoms with Gasteiger partial charge in [0.25, 0.3) is 0 Å². The number of amides is 1. The summed E-state index contributed by atoms with van der Waals surface area (Å²) in [6, 6.07) is 8.53. The van der Waals surface area contributed by atoms with E-state index in [4.69, 9.17) is 9.47 Å². The van der Waals surface area contributed by atoms with Gasteiger partial charge in [0, 0.05) is 6.04 Å². The minimum Gasteiger partial charge on any atom is -0.467 e. The van der Waals surface area contributed by atoms with Crippen molar-refractivity contribution < 1.29 is 19.1 Å². The van der Waals surface area contributed by atoms with Crippen molar-refractivity contribution in [1.29, 1.82) is 0 Å². The zero-order valence-electron chi connectivity index (χ0n) is 12.7. The smallest absolute Gasteiger partial charge is 0.408 e. The first-order valence-electron chi connectivity index (χ1n) is 7.49. The summed E-state index contributed by atoms with van der Waals surface area (Å²) >= 11 is 0. The van der Waals surface area contributed by atoms with Crippen molar-refractivity contribution in [3.05, 3.63) is 35.9 Å². The van der Waals surface area contributed by atoms with E-state index in [1.54, 1.807) is 0 Å². The summed E-state index contributed by atoms with van der Waals surface area (Å²) in [4.78, 5) is 23.8. The van der Waals surface area contributed by atoms with Crippen LogP contribution in [0.3, 0.4) is 0 Å². The molecular formula is C16H22N2O4. The van der Waals surface area contributed by atoms with Crippen molar-refractivity contribution in [2.75, 3.05) is 13.7 Å². The molecule has 1 amide bonds. The van der Waals surface area contributed by atoms with Gasteiger partial charge in [-0.1, -0.05) is 36.8 Å². The van der Waals surface area contributed by atoms with E-state index in [9.17, 15) is 9.59 Å². The van der Waals surface area contributed by atoms with Crippen molar-refractivity contribution >= 4 is 12.1 Å². The van der Waals surface area contributed by atoms with Crippen LogP contribution in [0.5, 0.6) is 0 Å². The second-order valence-corrected chi connectivity index (χ2v) is 5.26. The van der Waals surface area contributed by atoms with Crippen molar-refractivity contribution in [3.63, 3.8) is 0 Å². The highest BCUT2D eigenvalue weighted by Crippen LogP contribution is 2.12. The fourth-order valence-corrected chi connectivity index (χ4v) is 2.51. The van der Waals surface area contributed by atoms with Gasteiger partial charge in [-0.25, -0.2) is 9.59 Å². The SMILES string of the molecule is COC(=O)[C@@H](NC(=O)OCc1ccccc1)[C@H]1CCCCN1. The Labute approximate surface area is 130 Å². The summed E-state index contributed by atoms with van der Waals surface area (Å²) in [6.45, 7) is 0.998. The number of rotatable bonds is 5. The number of alkyl carbamates (subject to hydrolysis) is 1. The molecule has 0 spiro atoms. The highest BCUT2D eigenvalue weighted by atomic mass is 16.6. The highest BCUT2D eigenvalue weighted by Gasteiger charge is 2.32. The number of methoxy groups -OCH3 is 1. The lowest BCUT2D eigenvalue weighted by molar-refractivity contribution is -0.144. The molecule has 2 N–H and O–H groups in total. The van der Waals surface area contributed by atoms with Crippen molar-refractivity contribution in [3.8, 4) is 0 Å². The zero-order valence-corrected chi connectivity index (χ0v) is 12.7. The molecule has 1 aliphatic heterocycles. The first-order chi connectivity index (χ1) is 10.7. The Morgan fingerprint density at radius 2 is 2.09 bits per heavy atom. The molecule has 0 bridgehead atoms. The first-order valence-corrected chi connectivity index (χ1v) is 7.49. The molecule has 0 radical (unpaired) electrons. The lowest BCUT2D eigenvalue weighted by atomic mass is 9.98. The van der Waals surface area contributed by atoms with Gasteiger partial charge in [-0.3, -0.25) is 0 Å². The maximum absolute atomic E-state index is 11.9. The maximum atomic E-state index is 11.9. The number of carbonyl (C=O) groups excluding carboxylic acids is 2. The zero-order chi connectivity index (χ0) is 15.8. The van der Waals surface area contributed by atoms with Gasteiger partial charge in [-0.2, -0.15) is 0 Å². The Morgan fingerprint density at radius 3 is 2.73 bits per heavy atom. The lowest BCUT2D eigenvalue weighted by Gasteiger charge is -2.29. The molecule has 1 aromatic rings. The van der Waals surface area contributed by atoms with Crippen LogP contribution in [-0.2, 0) is 20.9 Å². The molecule has 1 heterocycles. The number of piperidine rings is 1. The molecule has 1 aliphatic rings. The van der Waals surface area contributed by atoms with E-state index >= 15 is 0 Å². The number of hydrogen-bond donors (Lipinski definition) is 2. The van der Waals surface area contributed by atoms with E-state index < -0.39 is 18.1 Å². The van der Waals surface area contributed by atoms with Gasteiger partial charge >= 0.3 is 12.1 Å². The van der Waals surface area contributed by atoms with Gasteiger partial charge in [0.15, 0.2) is 0 Å². The molecule has 0 saturated carbocycles. The number of nitrogens with one attached hydrogen (secondary N) is 2. The molecule has 22 heavy (non-hydrogen) atoms. The van der Waals surface area contributed by atoms with E-state index in [1.165, 1.54) is 7.11 Å². The van der Waals surface area contributed by atoms with Gasteiger partial charge in [0.1, 0.15) is 12.6 Å². The average Bonchev–Trinajstić information content (AvgIpc) is 2.59. The third kappa shape index (κ3) is 4.73.